The molecule has 4 rings (SSSR count). The van der Waals surface area contributed by atoms with Crippen molar-refractivity contribution in [2.75, 3.05) is 4.90 Å². The zero-order valence-electron chi connectivity index (χ0n) is 16.6. The number of hydrogen-bond acceptors (Lipinski definition) is 4. The van der Waals surface area contributed by atoms with Gasteiger partial charge in [0.25, 0.3) is 5.91 Å². The molecule has 2 heterocycles. The molecule has 3 aromatic rings. The summed E-state index contributed by atoms with van der Waals surface area (Å²) in [4.78, 5) is 42.6. The summed E-state index contributed by atoms with van der Waals surface area (Å²) in [5.41, 5.74) is 4.40. The van der Waals surface area contributed by atoms with Crippen LogP contribution in [0.5, 0.6) is 0 Å². The molecule has 0 N–H and O–H groups in total. The van der Waals surface area contributed by atoms with Gasteiger partial charge in [0.1, 0.15) is 0 Å². The predicted octanol–water partition coefficient (Wildman–Crippen LogP) is 3.73. The third-order valence-corrected chi connectivity index (χ3v) is 6.28. The largest absolute Gasteiger partial charge is 0.317 e. The van der Waals surface area contributed by atoms with Gasteiger partial charge in [-0.1, -0.05) is 11.3 Å². The molecule has 0 spiro atoms. The fraction of sp³-hybridized carbons (Fsp3) is 0.273. The molecule has 29 heavy (non-hydrogen) atoms. The predicted molar refractivity (Wildman–Crippen MR) is 113 cm³/mol. The van der Waals surface area contributed by atoms with Crippen LogP contribution in [0, 0.1) is 13.8 Å². The van der Waals surface area contributed by atoms with Gasteiger partial charge in [-0.15, -0.1) is 0 Å². The Kier molecular flexibility index (Phi) is 4.92. The molecule has 0 atom stereocenters. The number of anilines is 1. The molecule has 0 aliphatic carbocycles. The summed E-state index contributed by atoms with van der Waals surface area (Å²) >= 11 is 1.50. The summed E-state index contributed by atoms with van der Waals surface area (Å²) in [5, 5.41) is 0. The molecule has 148 valence electrons. The third kappa shape index (κ3) is 3.42. The van der Waals surface area contributed by atoms with Crippen LogP contribution in [0.15, 0.2) is 41.4 Å². The molecule has 6 nitrogen and oxygen atoms in total. The van der Waals surface area contributed by atoms with Gasteiger partial charge in [0, 0.05) is 24.9 Å². The van der Waals surface area contributed by atoms with Crippen LogP contribution < -0.4 is 9.70 Å². The normalized spacial score (nSPS) is 15.0. The van der Waals surface area contributed by atoms with E-state index in [0.717, 1.165) is 10.2 Å². The molecule has 1 aliphatic heterocycles. The number of imide groups is 1. The minimum Gasteiger partial charge on any atom is -0.317 e. The van der Waals surface area contributed by atoms with Crippen molar-refractivity contribution < 1.29 is 14.4 Å². The van der Waals surface area contributed by atoms with Crippen LogP contribution in [0.2, 0.25) is 0 Å². The van der Waals surface area contributed by atoms with E-state index in [4.69, 9.17) is 0 Å². The minimum atomic E-state index is -0.349. The van der Waals surface area contributed by atoms with Gasteiger partial charge in [-0.2, -0.15) is 4.99 Å². The van der Waals surface area contributed by atoms with E-state index in [1.807, 2.05) is 11.5 Å². The van der Waals surface area contributed by atoms with E-state index in [0.29, 0.717) is 22.6 Å². The zero-order valence-corrected chi connectivity index (χ0v) is 17.4. The number of amides is 3. The maximum absolute atomic E-state index is 12.7. The number of hydrogen-bond donors (Lipinski definition) is 0. The quantitative estimate of drug-likeness (QED) is 0.621. The highest BCUT2D eigenvalue weighted by Crippen LogP contribution is 2.24. The highest BCUT2D eigenvalue weighted by molar-refractivity contribution is 7.16. The number of carbonyl (C=O) groups is 3. The van der Waals surface area contributed by atoms with E-state index >= 15 is 0 Å². The maximum atomic E-state index is 12.7. The van der Waals surface area contributed by atoms with Gasteiger partial charge >= 0.3 is 0 Å². The van der Waals surface area contributed by atoms with Crippen LogP contribution in [0.3, 0.4) is 0 Å². The van der Waals surface area contributed by atoms with Crippen LogP contribution in [-0.4, -0.2) is 22.3 Å². The molecular weight excluding hydrogens is 386 g/mol. The monoisotopic (exact) mass is 407 g/mol. The molecule has 1 saturated heterocycles. The van der Waals surface area contributed by atoms with Crippen LogP contribution in [0.4, 0.5) is 5.69 Å². The molecule has 0 bridgehead atoms. The maximum Gasteiger partial charge on any atom is 0.279 e. The van der Waals surface area contributed by atoms with Gasteiger partial charge in [-0.05, 0) is 68.3 Å². The zero-order chi connectivity index (χ0) is 20.7. The van der Waals surface area contributed by atoms with Crippen molar-refractivity contribution >= 4 is 45.0 Å². The summed E-state index contributed by atoms with van der Waals surface area (Å²) in [6.45, 7) is 6.90. The molecule has 1 aromatic heterocycles. The van der Waals surface area contributed by atoms with Crippen molar-refractivity contribution in [3.63, 3.8) is 0 Å². The van der Waals surface area contributed by atoms with Crippen molar-refractivity contribution in [1.82, 2.24) is 4.57 Å². The second-order valence-electron chi connectivity index (χ2n) is 7.12. The summed E-state index contributed by atoms with van der Waals surface area (Å²) in [5.74, 6) is -0.768. The van der Waals surface area contributed by atoms with Crippen molar-refractivity contribution in [2.24, 2.45) is 4.99 Å². The molecule has 0 radical (unpaired) electrons. The van der Waals surface area contributed by atoms with Gasteiger partial charge in [-0.25, -0.2) is 0 Å². The number of thiazole rings is 1. The lowest BCUT2D eigenvalue weighted by molar-refractivity contribution is -0.121. The lowest BCUT2D eigenvalue weighted by Crippen LogP contribution is -2.28. The molecule has 0 unspecified atom stereocenters. The van der Waals surface area contributed by atoms with E-state index in [2.05, 4.69) is 31.0 Å². The summed E-state index contributed by atoms with van der Waals surface area (Å²) in [7, 11) is 0. The first-order valence-corrected chi connectivity index (χ1v) is 10.4. The Morgan fingerprint density at radius 3 is 2.28 bits per heavy atom. The number of fused-ring (bicyclic) bond motifs is 1. The first-order chi connectivity index (χ1) is 13.9. The Labute approximate surface area is 172 Å². The van der Waals surface area contributed by atoms with Crippen LogP contribution >= 0.6 is 11.3 Å². The second kappa shape index (κ2) is 7.40. The highest BCUT2D eigenvalue weighted by atomic mass is 32.1. The standard InChI is InChI=1S/C22H21N3O3S/c1-4-24-17-11-13(2)14(3)12-18(17)29-22(24)23-21(28)15-5-7-16(8-6-15)25-19(26)9-10-20(25)27/h5-8,11-12H,4,9-10H2,1-3H3. The third-order valence-electron chi connectivity index (χ3n) is 5.24. The Hall–Kier alpha value is -3.06. The van der Waals surface area contributed by atoms with Crippen molar-refractivity contribution in [2.45, 2.75) is 40.2 Å². The van der Waals surface area contributed by atoms with E-state index in [1.165, 1.54) is 27.4 Å². The molecule has 2 aromatic carbocycles. The van der Waals surface area contributed by atoms with Crippen LogP contribution in [0.25, 0.3) is 10.2 Å². The van der Waals surface area contributed by atoms with Gasteiger partial charge in [-0.3, -0.25) is 19.3 Å². The van der Waals surface area contributed by atoms with Crippen molar-refractivity contribution in [3.8, 4) is 0 Å². The van der Waals surface area contributed by atoms with Gasteiger partial charge in [0.05, 0.1) is 15.9 Å². The molecule has 1 fully saturated rings. The summed E-state index contributed by atoms with van der Waals surface area (Å²) < 4.78 is 3.14. The number of benzene rings is 2. The fourth-order valence-corrected chi connectivity index (χ4v) is 4.65. The van der Waals surface area contributed by atoms with E-state index < -0.39 is 0 Å². The summed E-state index contributed by atoms with van der Waals surface area (Å²) in [6, 6.07) is 10.7. The van der Waals surface area contributed by atoms with Crippen molar-refractivity contribution in [1.29, 1.82) is 0 Å². The lowest BCUT2D eigenvalue weighted by Gasteiger charge is -2.13. The van der Waals surface area contributed by atoms with Crippen LogP contribution in [-0.2, 0) is 16.1 Å². The molecular formula is C22H21N3O3S. The minimum absolute atomic E-state index is 0.210. The Morgan fingerprint density at radius 2 is 1.66 bits per heavy atom. The topological polar surface area (TPSA) is 71.7 Å². The van der Waals surface area contributed by atoms with E-state index in [9.17, 15) is 14.4 Å². The van der Waals surface area contributed by atoms with Crippen LogP contribution in [0.1, 0.15) is 41.3 Å². The van der Waals surface area contributed by atoms with Crippen molar-refractivity contribution in [3.05, 3.63) is 57.9 Å². The lowest BCUT2D eigenvalue weighted by atomic mass is 10.1. The number of aryl methyl sites for hydroxylation is 3. The van der Waals surface area contributed by atoms with Gasteiger partial charge < -0.3 is 4.57 Å². The average molecular weight is 407 g/mol. The first-order valence-electron chi connectivity index (χ1n) is 9.54. The highest BCUT2D eigenvalue weighted by Gasteiger charge is 2.30. The Balaban J connectivity index is 1.69. The number of nitrogens with zero attached hydrogens (tertiary/aromatic N) is 3. The van der Waals surface area contributed by atoms with E-state index in [1.54, 1.807) is 24.3 Å². The SMILES string of the molecule is CCn1c(=NC(=O)c2ccc(N3C(=O)CCC3=O)cc2)sc2cc(C)c(C)cc21. The van der Waals surface area contributed by atoms with Gasteiger partial charge in [0.15, 0.2) is 4.80 Å². The number of carbonyl (C=O) groups excluding carboxylic acids is 3. The Morgan fingerprint density at radius 1 is 1.03 bits per heavy atom. The molecule has 0 saturated carbocycles. The number of aromatic nitrogens is 1. The number of rotatable bonds is 3. The summed E-state index contributed by atoms with van der Waals surface area (Å²) in [6.07, 6.45) is 0.466. The van der Waals surface area contributed by atoms with E-state index in [-0.39, 0.29) is 30.6 Å². The van der Waals surface area contributed by atoms with Gasteiger partial charge in [0.2, 0.25) is 11.8 Å². The smallest absolute Gasteiger partial charge is 0.279 e. The fourth-order valence-electron chi connectivity index (χ4n) is 3.48. The average Bonchev–Trinajstić information content (AvgIpc) is 3.20. The molecule has 3 amide bonds. The first kappa shape index (κ1) is 19.3. The second-order valence-corrected chi connectivity index (χ2v) is 8.13. The molecule has 1 aliphatic rings. The molecule has 7 heteroatoms. The Bertz CT molecular complexity index is 1200.